The minimum atomic E-state index is -3.57. The van der Waals surface area contributed by atoms with E-state index in [1.54, 1.807) is 11.6 Å². The zero-order chi connectivity index (χ0) is 12.9. The van der Waals surface area contributed by atoms with E-state index in [1.165, 1.54) is 19.6 Å². The fraction of sp³-hybridized carbons (Fsp3) is 0.667. The Labute approximate surface area is 110 Å². The first kappa shape index (κ1) is 14.6. The highest BCUT2D eigenvalue weighted by molar-refractivity contribution is 9.09. The molecule has 0 amide bonds. The lowest BCUT2D eigenvalue weighted by Gasteiger charge is -2.15. The molecular formula is C9H16BrN3O3S. The Morgan fingerprint density at radius 1 is 1.65 bits per heavy atom. The predicted molar refractivity (Wildman–Crippen MR) is 67.6 cm³/mol. The van der Waals surface area contributed by atoms with E-state index in [0.29, 0.717) is 18.4 Å². The number of sulfonamides is 1. The van der Waals surface area contributed by atoms with Crippen LogP contribution in [0.3, 0.4) is 0 Å². The SMILES string of the molecule is COCC(CCBr)NS(=O)(=O)c1cn(C)cn1. The van der Waals surface area contributed by atoms with Gasteiger partial charge in [-0.1, -0.05) is 15.9 Å². The van der Waals surface area contributed by atoms with Gasteiger partial charge in [0.05, 0.1) is 12.9 Å². The number of ether oxygens (including phenoxy) is 1. The number of imidazole rings is 1. The van der Waals surface area contributed by atoms with Gasteiger partial charge in [-0.3, -0.25) is 0 Å². The third-order valence-electron chi connectivity index (χ3n) is 2.10. The van der Waals surface area contributed by atoms with Gasteiger partial charge in [-0.15, -0.1) is 0 Å². The van der Waals surface area contributed by atoms with E-state index in [1.807, 2.05) is 0 Å². The number of nitrogens with zero attached hydrogens (tertiary/aromatic N) is 2. The first-order valence-corrected chi connectivity index (χ1v) is 7.65. The molecular weight excluding hydrogens is 310 g/mol. The van der Waals surface area contributed by atoms with Crippen LogP contribution in [0.25, 0.3) is 0 Å². The van der Waals surface area contributed by atoms with Gasteiger partial charge < -0.3 is 9.30 Å². The standard InChI is InChI=1S/C9H16BrN3O3S/c1-13-5-9(11-7-13)17(14,15)12-8(3-4-10)6-16-2/h5,7-8,12H,3-4,6H2,1-2H3. The van der Waals surface area contributed by atoms with Crippen LogP contribution < -0.4 is 4.72 Å². The van der Waals surface area contributed by atoms with Gasteiger partial charge in [0.2, 0.25) is 0 Å². The Morgan fingerprint density at radius 3 is 2.82 bits per heavy atom. The Morgan fingerprint density at radius 2 is 2.35 bits per heavy atom. The summed E-state index contributed by atoms with van der Waals surface area (Å²) >= 11 is 3.28. The molecule has 1 atom stereocenters. The minimum Gasteiger partial charge on any atom is -0.383 e. The monoisotopic (exact) mass is 325 g/mol. The van der Waals surface area contributed by atoms with Crippen molar-refractivity contribution in [2.45, 2.75) is 17.5 Å². The quantitative estimate of drug-likeness (QED) is 0.741. The van der Waals surface area contributed by atoms with Crippen LogP contribution in [0.15, 0.2) is 17.6 Å². The molecule has 98 valence electrons. The number of alkyl halides is 1. The van der Waals surface area contributed by atoms with Gasteiger partial charge in [0.1, 0.15) is 0 Å². The molecule has 0 bridgehead atoms. The second-order valence-electron chi connectivity index (χ2n) is 3.63. The Balaban J connectivity index is 2.77. The molecule has 1 aromatic rings. The molecule has 6 nitrogen and oxygen atoms in total. The van der Waals surface area contributed by atoms with Crippen molar-refractivity contribution in [1.29, 1.82) is 0 Å². The smallest absolute Gasteiger partial charge is 0.259 e. The van der Waals surface area contributed by atoms with Crippen LogP contribution in [0.2, 0.25) is 0 Å². The number of hydrogen-bond acceptors (Lipinski definition) is 4. The number of halogens is 1. The molecule has 0 aromatic carbocycles. The second-order valence-corrected chi connectivity index (χ2v) is 6.08. The van der Waals surface area contributed by atoms with E-state index in [4.69, 9.17) is 4.74 Å². The van der Waals surface area contributed by atoms with Crippen LogP contribution >= 0.6 is 15.9 Å². The van der Waals surface area contributed by atoms with E-state index < -0.39 is 10.0 Å². The fourth-order valence-corrected chi connectivity index (χ4v) is 3.11. The summed E-state index contributed by atoms with van der Waals surface area (Å²) in [5.74, 6) is 0. The summed E-state index contributed by atoms with van der Waals surface area (Å²) < 4.78 is 33.0. The van der Waals surface area contributed by atoms with Crippen LogP contribution in [0.5, 0.6) is 0 Å². The van der Waals surface area contributed by atoms with Crippen molar-refractivity contribution in [3.63, 3.8) is 0 Å². The molecule has 0 aliphatic heterocycles. The summed E-state index contributed by atoms with van der Waals surface area (Å²) in [6.07, 6.45) is 3.56. The molecule has 8 heteroatoms. The van der Waals surface area contributed by atoms with E-state index in [0.717, 1.165) is 0 Å². The summed E-state index contributed by atoms with van der Waals surface area (Å²) in [6.45, 7) is 0.331. The topological polar surface area (TPSA) is 73.2 Å². The molecule has 1 aromatic heterocycles. The van der Waals surface area contributed by atoms with Gasteiger partial charge in [-0.25, -0.2) is 18.1 Å². The van der Waals surface area contributed by atoms with Crippen LogP contribution in [-0.2, 0) is 21.8 Å². The lowest BCUT2D eigenvalue weighted by Crippen LogP contribution is -2.38. The van der Waals surface area contributed by atoms with Crippen LogP contribution in [0.1, 0.15) is 6.42 Å². The zero-order valence-electron chi connectivity index (χ0n) is 9.76. The lowest BCUT2D eigenvalue weighted by molar-refractivity contribution is 0.173. The molecule has 0 radical (unpaired) electrons. The number of aromatic nitrogens is 2. The summed E-state index contributed by atoms with van der Waals surface area (Å²) in [5, 5.41) is 0.724. The van der Waals surface area contributed by atoms with Gasteiger partial charge in [-0.2, -0.15) is 0 Å². The number of nitrogens with one attached hydrogen (secondary N) is 1. The highest BCUT2D eigenvalue weighted by Gasteiger charge is 2.21. The lowest BCUT2D eigenvalue weighted by atomic mass is 10.3. The molecule has 0 aliphatic carbocycles. The molecule has 17 heavy (non-hydrogen) atoms. The molecule has 1 rings (SSSR count). The molecule has 1 unspecified atom stereocenters. The van der Waals surface area contributed by atoms with Crippen molar-refractivity contribution >= 4 is 26.0 Å². The fourth-order valence-electron chi connectivity index (χ4n) is 1.32. The number of rotatable bonds is 7. The van der Waals surface area contributed by atoms with Gasteiger partial charge in [0.15, 0.2) is 5.03 Å². The van der Waals surface area contributed by atoms with Crippen molar-refractivity contribution in [1.82, 2.24) is 14.3 Å². The average molecular weight is 326 g/mol. The maximum absolute atomic E-state index is 11.9. The second kappa shape index (κ2) is 6.48. The predicted octanol–water partition coefficient (Wildman–Crippen LogP) is 0.498. The molecule has 0 fully saturated rings. The molecule has 0 saturated heterocycles. The van der Waals surface area contributed by atoms with Crippen molar-refractivity contribution in [2.24, 2.45) is 7.05 Å². The Hall–Kier alpha value is -0.440. The van der Waals surface area contributed by atoms with Crippen molar-refractivity contribution < 1.29 is 13.2 Å². The highest BCUT2D eigenvalue weighted by atomic mass is 79.9. The number of hydrogen-bond donors (Lipinski definition) is 1. The largest absolute Gasteiger partial charge is 0.383 e. The van der Waals surface area contributed by atoms with Gasteiger partial charge in [0, 0.05) is 31.7 Å². The van der Waals surface area contributed by atoms with E-state index in [2.05, 4.69) is 25.6 Å². The van der Waals surface area contributed by atoms with Crippen molar-refractivity contribution in [3.8, 4) is 0 Å². The van der Waals surface area contributed by atoms with Crippen LogP contribution in [0, 0.1) is 0 Å². The van der Waals surface area contributed by atoms with Crippen LogP contribution in [-0.4, -0.2) is 43.1 Å². The normalized spacial score (nSPS) is 13.8. The maximum atomic E-state index is 11.9. The summed E-state index contributed by atoms with van der Waals surface area (Å²) in [5.41, 5.74) is 0. The molecule has 1 heterocycles. The Bertz CT molecular complexity index is 440. The summed E-state index contributed by atoms with van der Waals surface area (Å²) in [7, 11) is -0.308. The van der Waals surface area contributed by atoms with E-state index >= 15 is 0 Å². The molecule has 0 aliphatic rings. The number of methoxy groups -OCH3 is 1. The van der Waals surface area contributed by atoms with Gasteiger partial charge in [-0.05, 0) is 6.42 Å². The molecule has 0 saturated carbocycles. The molecule has 0 spiro atoms. The van der Waals surface area contributed by atoms with E-state index in [-0.39, 0.29) is 11.1 Å². The first-order valence-electron chi connectivity index (χ1n) is 5.05. The average Bonchev–Trinajstić information content (AvgIpc) is 2.66. The van der Waals surface area contributed by atoms with Gasteiger partial charge >= 0.3 is 0 Å². The van der Waals surface area contributed by atoms with Gasteiger partial charge in [0.25, 0.3) is 10.0 Å². The summed E-state index contributed by atoms with van der Waals surface area (Å²) in [6, 6.07) is -0.258. The third-order valence-corrected chi connectivity index (χ3v) is 3.97. The minimum absolute atomic E-state index is 0.0238. The maximum Gasteiger partial charge on any atom is 0.259 e. The summed E-state index contributed by atoms with van der Waals surface area (Å²) in [4.78, 5) is 3.82. The molecule has 1 N–H and O–H groups in total. The Kier molecular flexibility index (Phi) is 5.57. The van der Waals surface area contributed by atoms with Crippen molar-refractivity contribution in [3.05, 3.63) is 12.5 Å². The third kappa shape index (κ3) is 4.38. The van der Waals surface area contributed by atoms with Crippen molar-refractivity contribution in [2.75, 3.05) is 19.0 Å². The number of aryl methyl sites for hydroxylation is 1. The van der Waals surface area contributed by atoms with Crippen LogP contribution in [0.4, 0.5) is 0 Å². The first-order chi connectivity index (χ1) is 7.99. The van der Waals surface area contributed by atoms with E-state index in [9.17, 15) is 8.42 Å². The zero-order valence-corrected chi connectivity index (χ0v) is 12.2. The highest BCUT2D eigenvalue weighted by Crippen LogP contribution is 2.07.